The van der Waals surface area contributed by atoms with E-state index in [4.69, 9.17) is 28.5 Å². The summed E-state index contributed by atoms with van der Waals surface area (Å²) in [6.07, 6.45) is 1.19. The summed E-state index contributed by atoms with van der Waals surface area (Å²) in [5.41, 5.74) is 0.473. The number of nitro benzene ring substituents is 1. The Hall–Kier alpha value is -3.08. The molecule has 25 heavy (non-hydrogen) atoms. The fourth-order valence-electron chi connectivity index (χ4n) is 1.77. The SMILES string of the molecule is N#C/C(=C/Nc1ccc([N+](=O)[O-])cc1)C(=O)Nc1cc(Cl)ccc1Cl. The highest BCUT2D eigenvalue weighted by Gasteiger charge is 2.12. The molecule has 2 rings (SSSR count). The Morgan fingerprint density at radius 2 is 1.88 bits per heavy atom. The van der Waals surface area contributed by atoms with Crippen LogP contribution in [-0.4, -0.2) is 10.8 Å². The van der Waals surface area contributed by atoms with Crippen LogP contribution in [0, 0.1) is 21.4 Å². The summed E-state index contributed by atoms with van der Waals surface area (Å²) < 4.78 is 0. The van der Waals surface area contributed by atoms with E-state index in [1.165, 1.54) is 42.6 Å². The van der Waals surface area contributed by atoms with Gasteiger partial charge in [-0.2, -0.15) is 5.26 Å². The number of nitro groups is 1. The van der Waals surface area contributed by atoms with Gasteiger partial charge in [-0.1, -0.05) is 23.2 Å². The van der Waals surface area contributed by atoms with Gasteiger partial charge in [-0.05, 0) is 30.3 Å². The summed E-state index contributed by atoms with van der Waals surface area (Å²) in [5, 5.41) is 25.6. The van der Waals surface area contributed by atoms with Crippen molar-refractivity contribution in [1.82, 2.24) is 0 Å². The molecule has 0 saturated carbocycles. The average molecular weight is 377 g/mol. The number of amides is 1. The lowest BCUT2D eigenvalue weighted by Gasteiger charge is -2.07. The third-order valence-corrected chi connectivity index (χ3v) is 3.57. The van der Waals surface area contributed by atoms with Crippen molar-refractivity contribution in [2.45, 2.75) is 0 Å². The summed E-state index contributed by atoms with van der Waals surface area (Å²) in [6.45, 7) is 0. The van der Waals surface area contributed by atoms with Gasteiger partial charge in [-0.15, -0.1) is 0 Å². The molecule has 0 spiro atoms. The van der Waals surface area contributed by atoms with Crippen molar-refractivity contribution in [3.63, 3.8) is 0 Å². The van der Waals surface area contributed by atoms with Crippen LogP contribution in [0.5, 0.6) is 0 Å². The predicted octanol–water partition coefficient (Wildman–Crippen LogP) is 4.36. The summed E-state index contributed by atoms with van der Waals surface area (Å²) in [4.78, 5) is 22.2. The third kappa shape index (κ3) is 4.94. The Morgan fingerprint density at radius 3 is 2.48 bits per heavy atom. The van der Waals surface area contributed by atoms with Crippen molar-refractivity contribution in [1.29, 1.82) is 5.26 Å². The Labute approximate surface area is 152 Å². The van der Waals surface area contributed by atoms with Crippen LogP contribution in [-0.2, 0) is 4.79 Å². The van der Waals surface area contributed by atoms with Gasteiger partial charge in [-0.3, -0.25) is 14.9 Å². The van der Waals surface area contributed by atoms with Crippen molar-refractivity contribution < 1.29 is 9.72 Å². The van der Waals surface area contributed by atoms with E-state index in [2.05, 4.69) is 10.6 Å². The summed E-state index contributed by atoms with van der Waals surface area (Å²) in [5.74, 6) is -0.680. The van der Waals surface area contributed by atoms with Crippen molar-refractivity contribution in [3.8, 4) is 6.07 Å². The zero-order valence-electron chi connectivity index (χ0n) is 12.5. The first-order valence-corrected chi connectivity index (χ1v) is 7.54. The van der Waals surface area contributed by atoms with E-state index >= 15 is 0 Å². The molecule has 0 unspecified atom stereocenters. The highest BCUT2D eigenvalue weighted by molar-refractivity contribution is 6.35. The molecule has 0 fully saturated rings. The van der Waals surface area contributed by atoms with E-state index in [9.17, 15) is 14.9 Å². The standard InChI is InChI=1S/C16H10Cl2N4O3/c17-11-1-6-14(18)15(7-11)21-16(23)10(8-19)9-20-12-2-4-13(5-3-12)22(24)25/h1-7,9,20H,(H,21,23)/b10-9-. The van der Waals surface area contributed by atoms with Crippen LogP contribution in [0.25, 0.3) is 0 Å². The predicted molar refractivity (Wildman–Crippen MR) is 95.5 cm³/mol. The number of non-ortho nitro benzene ring substituents is 1. The van der Waals surface area contributed by atoms with Crippen LogP contribution < -0.4 is 10.6 Å². The molecular formula is C16H10Cl2N4O3. The first kappa shape index (κ1) is 18.3. The van der Waals surface area contributed by atoms with Crippen molar-refractivity contribution >= 4 is 46.2 Å². The molecule has 2 N–H and O–H groups in total. The van der Waals surface area contributed by atoms with E-state index < -0.39 is 10.8 Å². The number of halogens is 2. The maximum atomic E-state index is 12.1. The summed E-state index contributed by atoms with van der Waals surface area (Å²) in [6, 6.07) is 11.8. The molecule has 9 heteroatoms. The minimum atomic E-state index is -0.680. The third-order valence-electron chi connectivity index (χ3n) is 3.00. The summed E-state index contributed by atoms with van der Waals surface area (Å²) in [7, 11) is 0. The molecule has 0 aliphatic rings. The number of hydrogen-bond acceptors (Lipinski definition) is 5. The quantitative estimate of drug-likeness (QED) is 0.348. The zero-order valence-corrected chi connectivity index (χ0v) is 14.0. The largest absolute Gasteiger partial charge is 0.360 e. The molecule has 0 aliphatic heterocycles. The molecule has 0 atom stereocenters. The Balaban J connectivity index is 2.11. The normalized spacial score (nSPS) is 10.7. The lowest BCUT2D eigenvalue weighted by Crippen LogP contribution is -2.14. The molecule has 2 aromatic carbocycles. The van der Waals surface area contributed by atoms with E-state index in [-0.39, 0.29) is 22.0 Å². The summed E-state index contributed by atoms with van der Waals surface area (Å²) >= 11 is 11.8. The van der Waals surface area contributed by atoms with Gasteiger partial charge >= 0.3 is 0 Å². The van der Waals surface area contributed by atoms with E-state index in [0.717, 1.165) is 0 Å². The minimum Gasteiger partial charge on any atom is -0.360 e. The number of benzene rings is 2. The molecule has 0 bridgehead atoms. The molecule has 0 radical (unpaired) electrons. The zero-order chi connectivity index (χ0) is 18.4. The molecular weight excluding hydrogens is 367 g/mol. The smallest absolute Gasteiger partial charge is 0.269 e. The number of hydrogen-bond donors (Lipinski definition) is 2. The highest BCUT2D eigenvalue weighted by atomic mass is 35.5. The molecule has 126 valence electrons. The van der Waals surface area contributed by atoms with Gasteiger partial charge in [0, 0.05) is 29.0 Å². The molecule has 2 aromatic rings. The van der Waals surface area contributed by atoms with Crippen molar-refractivity contribution in [3.05, 3.63) is 74.4 Å². The topological polar surface area (TPSA) is 108 Å². The molecule has 0 aliphatic carbocycles. The fourth-order valence-corrected chi connectivity index (χ4v) is 2.10. The van der Waals surface area contributed by atoms with Crippen LogP contribution >= 0.6 is 23.2 Å². The number of nitriles is 1. The van der Waals surface area contributed by atoms with Crippen molar-refractivity contribution in [2.24, 2.45) is 0 Å². The lowest BCUT2D eigenvalue weighted by atomic mass is 10.2. The second kappa shape index (κ2) is 8.15. The molecule has 0 heterocycles. The van der Waals surface area contributed by atoms with Gasteiger partial charge in [0.05, 0.1) is 15.6 Å². The average Bonchev–Trinajstić information content (AvgIpc) is 2.59. The second-order valence-corrected chi connectivity index (χ2v) is 5.54. The van der Waals surface area contributed by atoms with Gasteiger partial charge in [-0.25, -0.2) is 0 Å². The second-order valence-electron chi connectivity index (χ2n) is 4.70. The highest BCUT2D eigenvalue weighted by Crippen LogP contribution is 2.25. The maximum Gasteiger partial charge on any atom is 0.269 e. The van der Waals surface area contributed by atoms with Gasteiger partial charge < -0.3 is 10.6 Å². The van der Waals surface area contributed by atoms with Gasteiger partial charge in [0.1, 0.15) is 11.6 Å². The Kier molecular flexibility index (Phi) is 5.95. The molecule has 7 nitrogen and oxygen atoms in total. The van der Waals surface area contributed by atoms with Crippen molar-refractivity contribution in [2.75, 3.05) is 10.6 Å². The maximum absolute atomic E-state index is 12.1. The number of carbonyl (C=O) groups excluding carboxylic acids is 1. The van der Waals surface area contributed by atoms with Crippen LogP contribution in [0.1, 0.15) is 0 Å². The molecule has 1 amide bonds. The van der Waals surface area contributed by atoms with Gasteiger partial charge in [0.25, 0.3) is 11.6 Å². The first-order chi connectivity index (χ1) is 11.9. The Bertz CT molecular complexity index is 889. The molecule has 0 aromatic heterocycles. The fraction of sp³-hybridized carbons (Fsp3) is 0. The van der Waals surface area contributed by atoms with Gasteiger partial charge in [0.15, 0.2) is 0 Å². The lowest BCUT2D eigenvalue weighted by molar-refractivity contribution is -0.384. The van der Waals surface area contributed by atoms with Crippen LogP contribution in [0.4, 0.5) is 17.1 Å². The first-order valence-electron chi connectivity index (χ1n) is 6.78. The minimum absolute atomic E-state index is 0.0663. The number of carbonyl (C=O) groups is 1. The number of nitrogens with zero attached hydrogens (tertiary/aromatic N) is 2. The molecule has 0 saturated heterocycles. The van der Waals surface area contributed by atoms with E-state index in [0.29, 0.717) is 10.7 Å². The van der Waals surface area contributed by atoms with Crippen LogP contribution in [0.2, 0.25) is 10.0 Å². The Morgan fingerprint density at radius 1 is 1.20 bits per heavy atom. The number of nitrogens with one attached hydrogen (secondary N) is 2. The monoisotopic (exact) mass is 376 g/mol. The van der Waals surface area contributed by atoms with E-state index in [1.54, 1.807) is 12.1 Å². The van der Waals surface area contributed by atoms with E-state index in [1.807, 2.05) is 0 Å². The van der Waals surface area contributed by atoms with Gasteiger partial charge in [0.2, 0.25) is 0 Å². The number of rotatable bonds is 5. The van der Waals surface area contributed by atoms with Crippen LogP contribution in [0.15, 0.2) is 54.2 Å². The number of anilines is 2. The van der Waals surface area contributed by atoms with Crippen LogP contribution in [0.3, 0.4) is 0 Å².